The van der Waals surface area contributed by atoms with Gasteiger partial charge in [0.05, 0.1) is 13.7 Å². The molecule has 1 aromatic rings. The van der Waals surface area contributed by atoms with E-state index in [-0.39, 0.29) is 11.8 Å². The number of pyridine rings is 1. The Balaban J connectivity index is 2.77. The maximum atomic E-state index is 13.6. The molecule has 0 aliphatic rings. The molecule has 94 valence electrons. The van der Waals surface area contributed by atoms with Gasteiger partial charge in [0.25, 0.3) is 0 Å². The Morgan fingerprint density at radius 2 is 2.29 bits per heavy atom. The first-order chi connectivity index (χ1) is 7.99. The summed E-state index contributed by atoms with van der Waals surface area (Å²) in [6, 6.07) is 4.02. The molecule has 1 N–H and O–H groups in total. The number of amides is 1. The van der Waals surface area contributed by atoms with Gasteiger partial charge in [-0.05, 0) is 6.07 Å². The number of methoxy groups -OCH3 is 1. The van der Waals surface area contributed by atoms with E-state index in [1.165, 1.54) is 19.2 Å². The van der Waals surface area contributed by atoms with Crippen LogP contribution in [0.15, 0.2) is 18.2 Å². The molecule has 0 radical (unpaired) electrons. The molecule has 0 bridgehead atoms. The van der Waals surface area contributed by atoms with Crippen LogP contribution in [0.4, 0.5) is 8.78 Å². The molecule has 0 aliphatic carbocycles. The van der Waals surface area contributed by atoms with Gasteiger partial charge in [0, 0.05) is 6.07 Å². The minimum atomic E-state index is -3.27. The van der Waals surface area contributed by atoms with E-state index in [2.05, 4.69) is 4.98 Å². The van der Waals surface area contributed by atoms with E-state index in [4.69, 9.17) is 16.3 Å². The number of carbonyl (C=O) groups is 1. The van der Waals surface area contributed by atoms with Crippen LogP contribution in [-0.4, -0.2) is 30.4 Å². The number of nitrogens with one attached hydrogen (secondary N) is 1. The van der Waals surface area contributed by atoms with Gasteiger partial charge < -0.3 is 10.1 Å². The standard InChI is InChI=1S/C10H11ClF2N2O2/c1-17-9-4-2-3-7(15-9)10(12,13)6-14-8(16)5-11/h2-4H,5-6H2,1H3,(H,14,16). The lowest BCUT2D eigenvalue weighted by molar-refractivity contribution is -0.120. The minimum absolute atomic E-state index is 0.0887. The van der Waals surface area contributed by atoms with Crippen molar-refractivity contribution in [1.29, 1.82) is 0 Å². The first-order valence-corrected chi connectivity index (χ1v) is 5.25. The Morgan fingerprint density at radius 3 is 2.88 bits per heavy atom. The molecule has 0 saturated heterocycles. The summed E-state index contributed by atoms with van der Waals surface area (Å²) in [7, 11) is 1.33. The molecule has 0 unspecified atom stereocenters. The fraction of sp³-hybridized carbons (Fsp3) is 0.400. The van der Waals surface area contributed by atoms with Crippen LogP contribution in [0.5, 0.6) is 5.88 Å². The van der Waals surface area contributed by atoms with Crippen LogP contribution in [0.3, 0.4) is 0 Å². The molecule has 1 amide bonds. The maximum absolute atomic E-state index is 13.6. The third-order valence-corrected chi connectivity index (χ3v) is 2.18. The molecule has 0 fully saturated rings. The predicted molar refractivity (Wildman–Crippen MR) is 58.4 cm³/mol. The van der Waals surface area contributed by atoms with Crippen molar-refractivity contribution in [3.8, 4) is 5.88 Å². The number of aromatic nitrogens is 1. The fourth-order valence-electron chi connectivity index (χ4n) is 1.08. The third kappa shape index (κ3) is 3.81. The summed E-state index contributed by atoms with van der Waals surface area (Å²) < 4.78 is 31.9. The summed E-state index contributed by atoms with van der Waals surface area (Å²) in [4.78, 5) is 14.4. The van der Waals surface area contributed by atoms with Crippen LogP contribution in [0.1, 0.15) is 5.69 Å². The van der Waals surface area contributed by atoms with Gasteiger partial charge in [0.15, 0.2) is 0 Å². The van der Waals surface area contributed by atoms with Gasteiger partial charge in [0.2, 0.25) is 11.8 Å². The van der Waals surface area contributed by atoms with Crippen molar-refractivity contribution in [1.82, 2.24) is 10.3 Å². The maximum Gasteiger partial charge on any atom is 0.306 e. The van der Waals surface area contributed by atoms with Crippen LogP contribution in [0.25, 0.3) is 0 Å². The van der Waals surface area contributed by atoms with Crippen LogP contribution in [0, 0.1) is 0 Å². The fourth-order valence-corrected chi connectivity index (χ4v) is 1.17. The largest absolute Gasteiger partial charge is 0.481 e. The van der Waals surface area contributed by atoms with Gasteiger partial charge in [-0.15, -0.1) is 11.6 Å². The normalized spacial score (nSPS) is 11.1. The number of halogens is 3. The van der Waals surface area contributed by atoms with Crippen molar-refractivity contribution >= 4 is 17.5 Å². The van der Waals surface area contributed by atoms with Crippen LogP contribution >= 0.6 is 11.6 Å². The number of hydrogen-bond acceptors (Lipinski definition) is 3. The smallest absolute Gasteiger partial charge is 0.306 e. The van der Waals surface area contributed by atoms with E-state index in [9.17, 15) is 13.6 Å². The van der Waals surface area contributed by atoms with E-state index in [1.54, 1.807) is 0 Å². The number of nitrogens with zero attached hydrogens (tertiary/aromatic N) is 1. The molecule has 0 atom stereocenters. The zero-order valence-electron chi connectivity index (χ0n) is 9.04. The Labute approximate surface area is 102 Å². The molecular formula is C10H11ClF2N2O2. The highest BCUT2D eigenvalue weighted by molar-refractivity contribution is 6.27. The van der Waals surface area contributed by atoms with Gasteiger partial charge in [-0.1, -0.05) is 6.07 Å². The molecule has 0 spiro atoms. The van der Waals surface area contributed by atoms with Crippen LogP contribution in [0.2, 0.25) is 0 Å². The number of hydrogen-bond donors (Lipinski definition) is 1. The Bertz CT molecular complexity index is 402. The molecule has 1 rings (SSSR count). The topological polar surface area (TPSA) is 51.2 Å². The molecule has 1 heterocycles. The number of rotatable bonds is 5. The lowest BCUT2D eigenvalue weighted by atomic mass is 10.2. The molecular weight excluding hydrogens is 254 g/mol. The number of alkyl halides is 3. The quantitative estimate of drug-likeness (QED) is 0.821. The zero-order chi connectivity index (χ0) is 12.9. The predicted octanol–water partition coefficient (Wildman–Crippen LogP) is 1.54. The van der Waals surface area contributed by atoms with Gasteiger partial charge in [-0.2, -0.15) is 8.78 Å². The summed E-state index contributed by atoms with van der Waals surface area (Å²) in [6.45, 7) is -0.848. The molecule has 0 saturated carbocycles. The number of carbonyl (C=O) groups excluding carboxylic acids is 1. The monoisotopic (exact) mass is 264 g/mol. The van der Waals surface area contributed by atoms with E-state index in [0.29, 0.717) is 0 Å². The summed E-state index contributed by atoms with van der Waals surface area (Å²) in [5.41, 5.74) is -0.466. The molecule has 7 heteroatoms. The SMILES string of the molecule is COc1cccc(C(F)(F)CNC(=O)CCl)n1. The third-order valence-electron chi connectivity index (χ3n) is 1.94. The van der Waals surface area contributed by atoms with Crippen molar-refractivity contribution in [3.63, 3.8) is 0 Å². The summed E-state index contributed by atoms with van der Waals surface area (Å²) in [5, 5.41) is 2.01. The zero-order valence-corrected chi connectivity index (χ0v) is 9.80. The minimum Gasteiger partial charge on any atom is -0.481 e. The van der Waals surface area contributed by atoms with Gasteiger partial charge in [-0.3, -0.25) is 4.79 Å². The highest BCUT2D eigenvalue weighted by Crippen LogP contribution is 2.26. The van der Waals surface area contributed by atoms with Crippen LogP contribution < -0.4 is 10.1 Å². The molecule has 17 heavy (non-hydrogen) atoms. The highest BCUT2D eigenvalue weighted by Gasteiger charge is 2.33. The van der Waals surface area contributed by atoms with Crippen molar-refractivity contribution < 1.29 is 18.3 Å². The van der Waals surface area contributed by atoms with Crippen LogP contribution in [-0.2, 0) is 10.7 Å². The molecule has 1 aromatic heterocycles. The molecule has 0 aromatic carbocycles. The summed E-state index contributed by atoms with van der Waals surface area (Å²) in [5.74, 6) is -4.20. The van der Waals surface area contributed by atoms with Crippen molar-refractivity contribution in [3.05, 3.63) is 23.9 Å². The molecule has 4 nitrogen and oxygen atoms in total. The lowest BCUT2D eigenvalue weighted by Gasteiger charge is -2.16. The van der Waals surface area contributed by atoms with Gasteiger partial charge >= 0.3 is 5.92 Å². The van der Waals surface area contributed by atoms with E-state index < -0.39 is 24.1 Å². The summed E-state index contributed by atoms with van der Waals surface area (Å²) >= 11 is 5.18. The van der Waals surface area contributed by atoms with Crippen molar-refractivity contribution in [2.75, 3.05) is 19.5 Å². The lowest BCUT2D eigenvalue weighted by Crippen LogP contribution is -2.36. The van der Waals surface area contributed by atoms with Crippen molar-refractivity contribution in [2.24, 2.45) is 0 Å². The van der Waals surface area contributed by atoms with E-state index >= 15 is 0 Å². The Morgan fingerprint density at radius 1 is 1.59 bits per heavy atom. The second-order valence-electron chi connectivity index (χ2n) is 3.18. The second-order valence-corrected chi connectivity index (χ2v) is 3.45. The first-order valence-electron chi connectivity index (χ1n) is 4.71. The highest BCUT2D eigenvalue weighted by atomic mass is 35.5. The van der Waals surface area contributed by atoms with E-state index in [1.807, 2.05) is 5.32 Å². The Hall–Kier alpha value is -1.43. The van der Waals surface area contributed by atoms with Gasteiger partial charge in [0.1, 0.15) is 11.6 Å². The average molecular weight is 265 g/mol. The summed E-state index contributed by atoms with van der Waals surface area (Å²) in [6.07, 6.45) is 0. The Kier molecular flexibility index (Phi) is 4.62. The van der Waals surface area contributed by atoms with Crippen molar-refractivity contribution in [2.45, 2.75) is 5.92 Å². The van der Waals surface area contributed by atoms with Gasteiger partial charge in [-0.25, -0.2) is 4.98 Å². The number of ether oxygens (including phenoxy) is 1. The second kappa shape index (κ2) is 5.77. The van der Waals surface area contributed by atoms with E-state index in [0.717, 1.165) is 6.07 Å². The average Bonchev–Trinajstić information content (AvgIpc) is 2.36. The molecule has 0 aliphatic heterocycles. The first kappa shape index (κ1) is 13.6.